The van der Waals surface area contributed by atoms with Gasteiger partial charge in [0.1, 0.15) is 15.5 Å². The van der Waals surface area contributed by atoms with Gasteiger partial charge >= 0.3 is 5.97 Å². The highest BCUT2D eigenvalue weighted by atomic mass is 32.2. The molecule has 1 fully saturated rings. The van der Waals surface area contributed by atoms with Gasteiger partial charge in [-0.05, 0) is 13.2 Å². The van der Waals surface area contributed by atoms with E-state index in [1.165, 1.54) is 23.1 Å². The maximum absolute atomic E-state index is 12.1. The molecule has 0 atom stereocenters. The van der Waals surface area contributed by atoms with E-state index in [9.17, 15) is 4.79 Å². The molecular weight excluding hydrogens is 336 g/mol. The SMILES string of the molecule is CCOC(=O)c1sc2nc(SC)nc(N3CCOCC3)c2c1N. The normalized spacial score (nSPS) is 15.1. The molecular formula is C14H18N4O3S2. The van der Waals surface area contributed by atoms with Crippen LogP contribution in [0.3, 0.4) is 0 Å². The van der Waals surface area contributed by atoms with Gasteiger partial charge in [-0.3, -0.25) is 0 Å². The number of fused-ring (bicyclic) bond motifs is 1. The van der Waals surface area contributed by atoms with Crippen molar-refractivity contribution in [2.75, 3.05) is 49.8 Å². The van der Waals surface area contributed by atoms with Gasteiger partial charge in [0.15, 0.2) is 5.16 Å². The smallest absolute Gasteiger partial charge is 0.350 e. The summed E-state index contributed by atoms with van der Waals surface area (Å²) in [6, 6.07) is 0. The van der Waals surface area contributed by atoms with Crippen molar-refractivity contribution in [1.29, 1.82) is 0 Å². The highest BCUT2D eigenvalue weighted by molar-refractivity contribution is 7.98. The molecule has 2 aromatic heterocycles. The van der Waals surface area contributed by atoms with E-state index in [4.69, 9.17) is 15.2 Å². The largest absolute Gasteiger partial charge is 0.462 e. The first-order valence-electron chi connectivity index (χ1n) is 7.29. The van der Waals surface area contributed by atoms with Crippen molar-refractivity contribution in [1.82, 2.24) is 9.97 Å². The number of thiophene rings is 1. The number of esters is 1. The predicted molar refractivity (Wildman–Crippen MR) is 92.6 cm³/mol. The highest BCUT2D eigenvalue weighted by Gasteiger charge is 2.25. The zero-order valence-electron chi connectivity index (χ0n) is 13.0. The van der Waals surface area contributed by atoms with Gasteiger partial charge in [-0.1, -0.05) is 11.8 Å². The van der Waals surface area contributed by atoms with Gasteiger partial charge < -0.3 is 20.1 Å². The third kappa shape index (κ3) is 3.08. The number of carbonyl (C=O) groups excluding carboxylic acids is 1. The van der Waals surface area contributed by atoms with Crippen molar-refractivity contribution in [3.63, 3.8) is 0 Å². The summed E-state index contributed by atoms with van der Waals surface area (Å²) < 4.78 is 10.5. The number of aromatic nitrogens is 2. The number of hydrogen-bond acceptors (Lipinski definition) is 9. The Bertz CT molecular complexity index is 728. The molecule has 0 aliphatic carbocycles. The second-order valence-corrected chi connectivity index (χ2v) is 6.65. The molecule has 23 heavy (non-hydrogen) atoms. The molecule has 1 aliphatic heterocycles. The number of ether oxygens (including phenoxy) is 2. The van der Waals surface area contributed by atoms with Crippen molar-refractivity contribution in [3.8, 4) is 0 Å². The molecule has 2 aromatic rings. The fourth-order valence-corrected chi connectivity index (χ4v) is 3.83. The molecule has 7 nitrogen and oxygen atoms in total. The van der Waals surface area contributed by atoms with Crippen molar-refractivity contribution >= 4 is 50.8 Å². The summed E-state index contributed by atoms with van der Waals surface area (Å²) in [4.78, 5) is 24.5. The van der Waals surface area contributed by atoms with E-state index >= 15 is 0 Å². The summed E-state index contributed by atoms with van der Waals surface area (Å²) in [5.41, 5.74) is 6.63. The standard InChI is InChI=1S/C14H18N4O3S2/c1-3-21-13(19)10-9(15)8-11(18-4-6-20-7-5-18)16-14(22-2)17-12(8)23-10/h3-7,15H2,1-2H3. The van der Waals surface area contributed by atoms with E-state index in [2.05, 4.69) is 14.9 Å². The van der Waals surface area contributed by atoms with Crippen LogP contribution in [0, 0.1) is 0 Å². The average molecular weight is 354 g/mol. The third-order valence-corrected chi connectivity index (χ3v) is 5.13. The van der Waals surface area contributed by atoms with E-state index in [1.54, 1.807) is 6.92 Å². The van der Waals surface area contributed by atoms with Gasteiger partial charge in [0.05, 0.1) is 30.9 Å². The van der Waals surface area contributed by atoms with Crippen LogP contribution in [0.5, 0.6) is 0 Å². The summed E-state index contributed by atoms with van der Waals surface area (Å²) in [6.07, 6.45) is 1.92. The minimum Gasteiger partial charge on any atom is -0.462 e. The summed E-state index contributed by atoms with van der Waals surface area (Å²) in [5, 5.41) is 1.40. The summed E-state index contributed by atoms with van der Waals surface area (Å²) >= 11 is 2.72. The molecule has 0 unspecified atom stereocenters. The molecule has 1 saturated heterocycles. The Labute approximate surface area is 142 Å². The Balaban J connectivity index is 2.14. The Kier molecular flexibility index (Phi) is 4.88. The van der Waals surface area contributed by atoms with Crippen LogP contribution in [0.2, 0.25) is 0 Å². The van der Waals surface area contributed by atoms with Gasteiger partial charge in [-0.15, -0.1) is 11.3 Å². The molecule has 1 aliphatic rings. The number of carbonyl (C=O) groups is 1. The lowest BCUT2D eigenvalue weighted by molar-refractivity contribution is 0.0533. The summed E-state index contributed by atoms with van der Waals surface area (Å²) in [5.74, 6) is 0.360. The number of morpholine rings is 1. The minimum absolute atomic E-state index is 0.310. The van der Waals surface area contributed by atoms with Crippen molar-refractivity contribution < 1.29 is 14.3 Å². The van der Waals surface area contributed by atoms with Crippen LogP contribution in [-0.4, -0.2) is 55.1 Å². The van der Waals surface area contributed by atoms with E-state index in [0.717, 1.165) is 24.3 Å². The minimum atomic E-state index is -0.411. The molecule has 2 N–H and O–H groups in total. The molecule has 0 saturated carbocycles. The fraction of sp³-hybridized carbons (Fsp3) is 0.500. The summed E-state index contributed by atoms with van der Waals surface area (Å²) in [6.45, 7) is 4.86. The quantitative estimate of drug-likeness (QED) is 0.506. The van der Waals surface area contributed by atoms with Crippen LogP contribution >= 0.6 is 23.1 Å². The molecule has 0 spiro atoms. The highest BCUT2D eigenvalue weighted by Crippen LogP contribution is 2.39. The molecule has 3 heterocycles. The lowest BCUT2D eigenvalue weighted by atomic mass is 10.2. The number of thioether (sulfide) groups is 1. The maximum atomic E-state index is 12.1. The van der Waals surface area contributed by atoms with Gasteiger partial charge in [0, 0.05) is 13.1 Å². The topological polar surface area (TPSA) is 90.6 Å². The first kappa shape index (κ1) is 16.3. The Hall–Kier alpha value is -1.58. The third-order valence-electron chi connectivity index (χ3n) is 3.50. The molecule has 0 aromatic carbocycles. The van der Waals surface area contributed by atoms with Crippen molar-refractivity contribution in [3.05, 3.63) is 4.88 Å². The number of nitrogen functional groups attached to an aromatic ring is 1. The number of nitrogens with two attached hydrogens (primary N) is 1. The van der Waals surface area contributed by atoms with Gasteiger partial charge in [0.25, 0.3) is 0 Å². The first-order valence-corrected chi connectivity index (χ1v) is 9.33. The molecule has 0 amide bonds. The molecule has 0 bridgehead atoms. The summed E-state index contributed by atoms with van der Waals surface area (Å²) in [7, 11) is 0. The number of anilines is 2. The molecule has 0 radical (unpaired) electrons. The van der Waals surface area contributed by atoms with Gasteiger partial charge in [-0.25, -0.2) is 14.8 Å². The Morgan fingerprint density at radius 2 is 2.17 bits per heavy atom. The van der Waals surface area contributed by atoms with E-state index in [1.807, 2.05) is 6.26 Å². The Morgan fingerprint density at radius 3 is 2.83 bits per heavy atom. The van der Waals surface area contributed by atoms with Crippen LogP contribution in [0.15, 0.2) is 5.16 Å². The first-order chi connectivity index (χ1) is 11.2. The van der Waals surface area contributed by atoms with Crippen LogP contribution in [0.1, 0.15) is 16.6 Å². The van der Waals surface area contributed by atoms with Crippen LogP contribution in [-0.2, 0) is 9.47 Å². The maximum Gasteiger partial charge on any atom is 0.350 e. The number of rotatable bonds is 4. The second kappa shape index (κ2) is 6.90. The lowest BCUT2D eigenvalue weighted by Gasteiger charge is -2.28. The van der Waals surface area contributed by atoms with E-state index in [0.29, 0.717) is 40.4 Å². The molecule has 9 heteroatoms. The lowest BCUT2D eigenvalue weighted by Crippen LogP contribution is -2.37. The number of nitrogens with zero attached hydrogens (tertiary/aromatic N) is 3. The van der Waals surface area contributed by atoms with E-state index < -0.39 is 5.97 Å². The molecule has 3 rings (SSSR count). The monoisotopic (exact) mass is 354 g/mol. The van der Waals surface area contributed by atoms with Crippen LogP contribution in [0.4, 0.5) is 11.5 Å². The van der Waals surface area contributed by atoms with Crippen molar-refractivity contribution in [2.24, 2.45) is 0 Å². The van der Waals surface area contributed by atoms with Gasteiger partial charge in [0.2, 0.25) is 0 Å². The van der Waals surface area contributed by atoms with E-state index in [-0.39, 0.29) is 0 Å². The number of hydrogen-bond donors (Lipinski definition) is 1. The zero-order chi connectivity index (χ0) is 16.4. The second-order valence-electron chi connectivity index (χ2n) is 4.88. The molecule has 124 valence electrons. The fourth-order valence-electron chi connectivity index (χ4n) is 2.43. The van der Waals surface area contributed by atoms with Crippen LogP contribution in [0.25, 0.3) is 10.2 Å². The predicted octanol–water partition coefficient (Wildman–Crippen LogP) is 2.01. The average Bonchev–Trinajstić information content (AvgIpc) is 2.92. The van der Waals surface area contributed by atoms with Crippen molar-refractivity contribution in [2.45, 2.75) is 12.1 Å². The zero-order valence-corrected chi connectivity index (χ0v) is 14.6. The van der Waals surface area contributed by atoms with Gasteiger partial charge in [-0.2, -0.15) is 0 Å². The van der Waals surface area contributed by atoms with Crippen LogP contribution < -0.4 is 10.6 Å². The Morgan fingerprint density at radius 1 is 1.43 bits per heavy atom.